The van der Waals surface area contributed by atoms with Gasteiger partial charge >= 0.3 is 0 Å². The standard InChI is InChI=1S/C15H24BrN3/c1-15(2)11-19(8-7-18(15)4)14-9-13(16)6-5-12(14)10-17-3/h5-6,9,17H,7-8,10-11H2,1-4H3. The summed E-state index contributed by atoms with van der Waals surface area (Å²) in [6.45, 7) is 8.81. The van der Waals surface area contributed by atoms with E-state index in [9.17, 15) is 0 Å². The number of halogens is 1. The lowest BCUT2D eigenvalue weighted by Crippen LogP contribution is -2.57. The molecule has 2 rings (SSSR count). The number of hydrogen-bond acceptors (Lipinski definition) is 3. The van der Waals surface area contributed by atoms with Gasteiger partial charge in [0.2, 0.25) is 0 Å². The lowest BCUT2D eigenvalue weighted by molar-refractivity contribution is 0.139. The maximum absolute atomic E-state index is 3.60. The van der Waals surface area contributed by atoms with E-state index >= 15 is 0 Å². The third-order valence-corrected chi connectivity index (χ3v) is 4.56. The van der Waals surface area contributed by atoms with Crippen LogP contribution in [0.5, 0.6) is 0 Å². The fourth-order valence-electron chi connectivity index (χ4n) is 2.62. The molecule has 0 radical (unpaired) electrons. The van der Waals surface area contributed by atoms with Crippen LogP contribution in [0.4, 0.5) is 5.69 Å². The molecule has 1 aromatic rings. The quantitative estimate of drug-likeness (QED) is 0.921. The molecule has 1 fully saturated rings. The molecule has 0 aliphatic carbocycles. The van der Waals surface area contributed by atoms with Gasteiger partial charge < -0.3 is 10.2 Å². The molecule has 1 heterocycles. The van der Waals surface area contributed by atoms with Crippen LogP contribution in [0.3, 0.4) is 0 Å². The highest BCUT2D eigenvalue weighted by molar-refractivity contribution is 9.10. The average Bonchev–Trinajstić information content (AvgIpc) is 2.35. The van der Waals surface area contributed by atoms with Crippen molar-refractivity contribution in [2.45, 2.75) is 25.9 Å². The lowest BCUT2D eigenvalue weighted by atomic mass is 9.98. The SMILES string of the molecule is CNCc1ccc(Br)cc1N1CCN(C)C(C)(C)C1. The van der Waals surface area contributed by atoms with Crippen molar-refractivity contribution in [1.29, 1.82) is 0 Å². The van der Waals surface area contributed by atoms with Gasteiger partial charge in [-0.25, -0.2) is 0 Å². The van der Waals surface area contributed by atoms with Gasteiger partial charge in [-0.1, -0.05) is 22.0 Å². The monoisotopic (exact) mass is 325 g/mol. The van der Waals surface area contributed by atoms with Gasteiger partial charge in [-0.15, -0.1) is 0 Å². The van der Waals surface area contributed by atoms with Crippen molar-refractivity contribution in [3.63, 3.8) is 0 Å². The normalized spacial score (nSPS) is 19.7. The molecule has 19 heavy (non-hydrogen) atoms. The summed E-state index contributed by atoms with van der Waals surface area (Å²) in [4.78, 5) is 4.96. The zero-order valence-electron chi connectivity index (χ0n) is 12.3. The maximum atomic E-state index is 3.60. The molecule has 0 bridgehead atoms. The highest BCUT2D eigenvalue weighted by atomic mass is 79.9. The third-order valence-electron chi connectivity index (χ3n) is 4.07. The van der Waals surface area contributed by atoms with Crippen molar-refractivity contribution in [2.75, 3.05) is 38.6 Å². The van der Waals surface area contributed by atoms with Crippen LogP contribution in [-0.4, -0.2) is 44.2 Å². The van der Waals surface area contributed by atoms with Gasteiger partial charge in [0.05, 0.1) is 0 Å². The maximum Gasteiger partial charge on any atom is 0.0424 e. The van der Waals surface area contributed by atoms with E-state index in [-0.39, 0.29) is 5.54 Å². The van der Waals surface area contributed by atoms with Crippen molar-refractivity contribution in [3.05, 3.63) is 28.2 Å². The van der Waals surface area contributed by atoms with Gasteiger partial charge in [-0.3, -0.25) is 4.90 Å². The summed E-state index contributed by atoms with van der Waals surface area (Å²) in [6.07, 6.45) is 0. The molecule has 0 spiro atoms. The number of likely N-dealkylation sites (N-methyl/N-ethyl adjacent to an activating group) is 1. The molecule has 0 aromatic heterocycles. The number of hydrogen-bond donors (Lipinski definition) is 1. The molecule has 0 amide bonds. The molecule has 1 N–H and O–H groups in total. The lowest BCUT2D eigenvalue weighted by Gasteiger charge is -2.46. The minimum absolute atomic E-state index is 0.220. The molecule has 1 aromatic carbocycles. The van der Waals surface area contributed by atoms with E-state index < -0.39 is 0 Å². The van der Waals surface area contributed by atoms with Crippen molar-refractivity contribution in [2.24, 2.45) is 0 Å². The summed E-state index contributed by atoms with van der Waals surface area (Å²) in [5.74, 6) is 0. The van der Waals surface area contributed by atoms with Crippen molar-refractivity contribution in [3.8, 4) is 0 Å². The van der Waals surface area contributed by atoms with Crippen molar-refractivity contribution >= 4 is 21.6 Å². The molecule has 0 saturated carbocycles. The summed E-state index contributed by atoms with van der Waals surface area (Å²) in [6, 6.07) is 6.58. The van der Waals surface area contributed by atoms with E-state index in [4.69, 9.17) is 0 Å². The zero-order chi connectivity index (χ0) is 14.0. The zero-order valence-corrected chi connectivity index (χ0v) is 13.9. The Morgan fingerprint density at radius 3 is 2.68 bits per heavy atom. The van der Waals surface area contributed by atoms with E-state index in [0.717, 1.165) is 30.7 Å². The summed E-state index contributed by atoms with van der Waals surface area (Å²) < 4.78 is 1.15. The Labute approximate surface area is 125 Å². The average molecular weight is 326 g/mol. The number of piperazine rings is 1. The van der Waals surface area contributed by atoms with E-state index in [2.05, 4.69) is 70.1 Å². The topological polar surface area (TPSA) is 18.5 Å². The van der Waals surface area contributed by atoms with Crippen LogP contribution in [0, 0.1) is 0 Å². The van der Waals surface area contributed by atoms with Gasteiger partial charge in [0.1, 0.15) is 0 Å². The van der Waals surface area contributed by atoms with Gasteiger partial charge in [-0.05, 0) is 45.6 Å². The van der Waals surface area contributed by atoms with E-state index in [1.807, 2.05) is 7.05 Å². The Morgan fingerprint density at radius 1 is 1.32 bits per heavy atom. The molecule has 1 aliphatic heterocycles. The molecule has 0 atom stereocenters. The number of anilines is 1. The van der Waals surface area contributed by atoms with Crippen LogP contribution in [0.2, 0.25) is 0 Å². The first-order valence-corrected chi connectivity index (χ1v) is 7.62. The predicted octanol–water partition coefficient (Wildman–Crippen LogP) is 2.70. The first-order valence-electron chi connectivity index (χ1n) is 6.83. The Kier molecular flexibility index (Phi) is 4.54. The minimum Gasteiger partial charge on any atom is -0.368 e. The van der Waals surface area contributed by atoms with Crippen LogP contribution in [0.25, 0.3) is 0 Å². The minimum atomic E-state index is 0.220. The summed E-state index contributed by atoms with van der Waals surface area (Å²) in [5, 5.41) is 3.26. The molecular formula is C15H24BrN3. The highest BCUT2D eigenvalue weighted by Crippen LogP contribution is 2.29. The van der Waals surface area contributed by atoms with E-state index in [0.29, 0.717) is 0 Å². The van der Waals surface area contributed by atoms with Gasteiger partial charge in [-0.2, -0.15) is 0 Å². The Balaban J connectivity index is 2.28. The highest BCUT2D eigenvalue weighted by Gasteiger charge is 2.31. The molecular weight excluding hydrogens is 302 g/mol. The Bertz CT molecular complexity index is 445. The first-order chi connectivity index (χ1) is 8.94. The van der Waals surface area contributed by atoms with Gasteiger partial charge in [0, 0.05) is 41.9 Å². The largest absolute Gasteiger partial charge is 0.368 e. The number of nitrogens with zero attached hydrogens (tertiary/aromatic N) is 2. The molecule has 1 aliphatic rings. The predicted molar refractivity (Wildman–Crippen MR) is 85.8 cm³/mol. The Morgan fingerprint density at radius 2 is 2.05 bits per heavy atom. The van der Waals surface area contributed by atoms with Crippen LogP contribution in [0.1, 0.15) is 19.4 Å². The number of rotatable bonds is 3. The molecule has 1 saturated heterocycles. The van der Waals surface area contributed by atoms with E-state index in [1.165, 1.54) is 11.3 Å². The van der Waals surface area contributed by atoms with Crippen LogP contribution >= 0.6 is 15.9 Å². The van der Waals surface area contributed by atoms with Crippen LogP contribution in [-0.2, 0) is 6.54 Å². The van der Waals surface area contributed by atoms with Crippen LogP contribution in [0.15, 0.2) is 22.7 Å². The Hall–Kier alpha value is -0.580. The second-order valence-corrected chi connectivity index (χ2v) is 6.87. The van der Waals surface area contributed by atoms with E-state index in [1.54, 1.807) is 0 Å². The fraction of sp³-hybridized carbons (Fsp3) is 0.600. The fourth-order valence-corrected chi connectivity index (χ4v) is 2.97. The number of benzene rings is 1. The van der Waals surface area contributed by atoms with Gasteiger partial charge in [0.25, 0.3) is 0 Å². The second-order valence-electron chi connectivity index (χ2n) is 5.96. The van der Waals surface area contributed by atoms with Gasteiger partial charge in [0.15, 0.2) is 0 Å². The first kappa shape index (κ1) is 14.8. The molecule has 4 heteroatoms. The second kappa shape index (κ2) is 5.81. The molecule has 0 unspecified atom stereocenters. The van der Waals surface area contributed by atoms with Crippen molar-refractivity contribution in [1.82, 2.24) is 10.2 Å². The summed E-state index contributed by atoms with van der Waals surface area (Å²) in [5.41, 5.74) is 2.94. The molecule has 3 nitrogen and oxygen atoms in total. The van der Waals surface area contributed by atoms with Crippen LogP contribution < -0.4 is 10.2 Å². The molecule has 106 valence electrons. The smallest absolute Gasteiger partial charge is 0.0424 e. The third kappa shape index (κ3) is 3.30. The summed E-state index contributed by atoms with van der Waals surface area (Å²) in [7, 11) is 4.21. The number of nitrogens with one attached hydrogen (secondary N) is 1. The van der Waals surface area contributed by atoms with Crippen molar-refractivity contribution < 1.29 is 0 Å². The summed E-state index contributed by atoms with van der Waals surface area (Å²) >= 11 is 3.60.